The monoisotopic (exact) mass is 1640 g/mol. The van der Waals surface area contributed by atoms with E-state index in [1.165, 1.54) is 49.5 Å². The average Bonchev–Trinajstić information content (AvgIpc) is 4.00. The fraction of sp³-hybridized carbons (Fsp3) is 0. The summed E-state index contributed by atoms with van der Waals surface area (Å²) in [4.78, 5) is 18.4. The number of nitrogens with zero attached hydrogens (tertiary/aromatic N) is 4. The third kappa shape index (κ3) is 11.7. The number of para-hydroxylation sites is 1. The molecule has 2 aliphatic carbocycles. The molecule has 2 aliphatic rings. The van der Waals surface area contributed by atoms with Crippen LogP contribution in [0.2, 0.25) is 0 Å². The second-order valence-corrected chi connectivity index (χ2v) is 16.2. The van der Waals surface area contributed by atoms with E-state index in [2.05, 4.69) is 137 Å². The van der Waals surface area contributed by atoms with E-state index >= 15 is 0 Å². The smallest absolute Gasteiger partial charge is 0.0607 e. The van der Waals surface area contributed by atoms with E-state index < -0.39 is 0 Å². The molecule has 4 aromatic heterocycles. The summed E-state index contributed by atoms with van der Waals surface area (Å²) in [6.45, 7) is 0. The molecule has 0 amide bonds. The summed E-state index contributed by atoms with van der Waals surface area (Å²) in [6, 6.07) is 88.2. The van der Waals surface area contributed by atoms with Crippen LogP contribution in [0.1, 0.15) is 11.1 Å². The van der Waals surface area contributed by atoms with Crippen LogP contribution in [0.15, 0.2) is 231 Å². The van der Waals surface area contributed by atoms with Crippen molar-refractivity contribution in [3.05, 3.63) is 266 Å². The first kappa shape index (κ1) is 53.3. The van der Waals surface area contributed by atoms with Crippen molar-refractivity contribution in [1.29, 1.82) is 0 Å². The molecule has 4 nitrogen and oxygen atoms in total. The number of hydrogen-bond donors (Lipinski definition) is 0. The number of pyridine rings is 4. The average molecular weight is 1630 g/mol. The summed E-state index contributed by atoms with van der Waals surface area (Å²) < 4.78 is 0. The van der Waals surface area contributed by atoms with Crippen LogP contribution in [-0.4, -0.2) is 19.9 Å². The van der Waals surface area contributed by atoms with Gasteiger partial charge >= 0.3 is 0 Å². The molecule has 8 aromatic carbocycles. The van der Waals surface area contributed by atoms with Crippen molar-refractivity contribution < 1.29 is 80.4 Å². The molecule has 0 N–H and O–H groups in total. The second-order valence-electron chi connectivity index (χ2n) is 16.2. The standard InChI is InChI=1S/C21H12N.C17H10N.C15H10N.C11H8N.4Ir/c1-2-7-14(8-3-1)20-13-18-16-10-5-4-9-15(16)17-11-6-12-19(22-20)21(17)18;1-2-5-12(6-3-1)16-11-14-10-9-13-7-4-8-15(18-16)17(13)14;1-2-6-12(7-3-1)15-11-10-13-8-4-5-9-14(13)16-15;1-2-6-10(7-3-1)11-8-4-5-9-12-11;;;;/h1-7,9-13H;1-5,7-11H;1-6,8-11H;1-6,8-9H;;;;/q4*-1;;;;. The molecule has 14 rings (SSSR count). The zero-order valence-electron chi connectivity index (χ0n) is 38.2. The maximum Gasteiger partial charge on any atom is 0.0607 e. The number of rotatable bonds is 4. The second kappa shape index (κ2) is 25.2. The maximum absolute atomic E-state index is 4.86. The Labute approximate surface area is 474 Å². The van der Waals surface area contributed by atoms with Crippen LogP contribution < -0.4 is 0 Å². The minimum Gasteiger partial charge on any atom is -0.305 e. The van der Waals surface area contributed by atoms with Gasteiger partial charge in [-0.2, -0.15) is 0 Å². The molecule has 0 fully saturated rings. The van der Waals surface area contributed by atoms with E-state index in [0.29, 0.717) is 0 Å². The first-order chi connectivity index (χ1) is 33.7. The molecule has 12 aromatic rings. The van der Waals surface area contributed by atoms with Crippen LogP contribution in [0, 0.1) is 24.3 Å². The molecule has 4 radical (unpaired) electrons. The van der Waals surface area contributed by atoms with Crippen molar-refractivity contribution in [2.75, 3.05) is 0 Å². The molecule has 0 atom stereocenters. The van der Waals surface area contributed by atoms with Gasteiger partial charge < -0.3 is 4.98 Å². The van der Waals surface area contributed by atoms with E-state index in [9.17, 15) is 0 Å². The number of hydrogen-bond acceptors (Lipinski definition) is 4. The molecule has 0 spiro atoms. The van der Waals surface area contributed by atoms with Crippen LogP contribution in [0.25, 0.3) is 112 Å². The first-order valence-electron chi connectivity index (χ1n) is 22.5. The van der Waals surface area contributed by atoms with Gasteiger partial charge in [-0.25, -0.2) is 0 Å². The summed E-state index contributed by atoms with van der Waals surface area (Å²) in [6.07, 6.45) is 6.10. The van der Waals surface area contributed by atoms with Gasteiger partial charge in [0.25, 0.3) is 0 Å². The SMILES string of the molecule is [Ir].[Ir].[Ir].[Ir].[c-]1ccccc1-c1cc2c3c(cccc3n1)-c1ccccc1-2.[c-]1ccccc1-c1cc2c3c(cccc3n1)C=C2.[c-]1ccccc1-c1ccc2ccccc2n1.[c-]1ccccc1-c1ccccn1. The molecular formula is C64H40Ir4N4-4. The molecule has 4 heterocycles. The van der Waals surface area contributed by atoms with Crippen molar-refractivity contribution >= 4 is 44.9 Å². The number of fused-ring (bicyclic) bond motifs is 4. The van der Waals surface area contributed by atoms with Gasteiger partial charge in [-0.05, 0) is 85.8 Å². The van der Waals surface area contributed by atoms with Gasteiger partial charge in [0.1, 0.15) is 0 Å². The summed E-state index contributed by atoms with van der Waals surface area (Å²) in [5.74, 6) is 0. The van der Waals surface area contributed by atoms with E-state index in [4.69, 9.17) is 9.97 Å². The Hall–Kier alpha value is -6.52. The zero-order valence-corrected chi connectivity index (χ0v) is 47.8. The largest absolute Gasteiger partial charge is 0.305 e. The molecule has 8 heteroatoms. The summed E-state index contributed by atoms with van der Waals surface area (Å²) in [5.41, 5.74) is 18.9. The van der Waals surface area contributed by atoms with Crippen molar-refractivity contribution in [1.82, 2.24) is 19.9 Å². The zero-order chi connectivity index (χ0) is 45.5. The van der Waals surface area contributed by atoms with Gasteiger partial charge in [0.05, 0.1) is 16.6 Å². The Bertz CT molecular complexity index is 3690. The number of aromatic nitrogens is 4. The van der Waals surface area contributed by atoms with Crippen LogP contribution in [0.4, 0.5) is 0 Å². The van der Waals surface area contributed by atoms with Crippen molar-refractivity contribution in [2.45, 2.75) is 0 Å². The van der Waals surface area contributed by atoms with Crippen LogP contribution in [0.3, 0.4) is 0 Å². The summed E-state index contributed by atoms with van der Waals surface area (Å²) >= 11 is 0. The summed E-state index contributed by atoms with van der Waals surface area (Å²) in [5, 5.41) is 3.70. The third-order valence-corrected chi connectivity index (χ3v) is 11.9. The Balaban J connectivity index is 0.000000141. The van der Waals surface area contributed by atoms with E-state index in [0.717, 1.165) is 61.6 Å². The van der Waals surface area contributed by atoms with Gasteiger partial charge in [-0.1, -0.05) is 115 Å². The Morgan fingerprint density at radius 2 is 0.764 bits per heavy atom. The van der Waals surface area contributed by atoms with E-state index in [-0.39, 0.29) is 80.4 Å². The molecule has 356 valence electrons. The Morgan fingerprint density at radius 1 is 0.292 bits per heavy atom. The van der Waals surface area contributed by atoms with Gasteiger partial charge in [-0.3, -0.25) is 15.0 Å². The third-order valence-electron chi connectivity index (χ3n) is 11.9. The molecule has 72 heavy (non-hydrogen) atoms. The predicted octanol–water partition coefficient (Wildman–Crippen LogP) is 15.8. The fourth-order valence-corrected chi connectivity index (χ4v) is 8.70. The van der Waals surface area contributed by atoms with Gasteiger partial charge in [0.15, 0.2) is 0 Å². The van der Waals surface area contributed by atoms with Crippen LogP contribution in [0.5, 0.6) is 0 Å². The summed E-state index contributed by atoms with van der Waals surface area (Å²) in [7, 11) is 0. The minimum absolute atomic E-state index is 0. The van der Waals surface area contributed by atoms with Gasteiger partial charge in [0, 0.05) is 97.4 Å². The number of benzene rings is 8. The molecule has 0 unspecified atom stereocenters. The van der Waals surface area contributed by atoms with Crippen LogP contribution >= 0.6 is 0 Å². The Kier molecular flexibility index (Phi) is 18.7. The molecule has 0 bridgehead atoms. The van der Waals surface area contributed by atoms with Crippen molar-refractivity contribution in [2.24, 2.45) is 0 Å². The molecule has 0 saturated heterocycles. The molecule has 0 saturated carbocycles. The quantitative estimate of drug-likeness (QED) is 0.165. The minimum atomic E-state index is 0. The van der Waals surface area contributed by atoms with E-state index in [1.54, 1.807) is 6.20 Å². The van der Waals surface area contributed by atoms with Crippen LogP contribution in [-0.2, 0) is 80.4 Å². The normalized spacial score (nSPS) is 10.6. The van der Waals surface area contributed by atoms with Gasteiger partial charge in [-0.15, -0.1) is 144 Å². The molecular weight excluding hydrogens is 1590 g/mol. The van der Waals surface area contributed by atoms with Gasteiger partial charge in [0.2, 0.25) is 0 Å². The first-order valence-corrected chi connectivity index (χ1v) is 22.5. The molecule has 0 aliphatic heterocycles. The Morgan fingerprint density at radius 3 is 1.38 bits per heavy atom. The van der Waals surface area contributed by atoms with Crippen molar-refractivity contribution in [3.63, 3.8) is 0 Å². The fourth-order valence-electron chi connectivity index (χ4n) is 8.70. The van der Waals surface area contributed by atoms with E-state index in [1.807, 2.05) is 133 Å². The maximum atomic E-state index is 4.86. The predicted molar refractivity (Wildman–Crippen MR) is 280 cm³/mol. The van der Waals surface area contributed by atoms with Crippen molar-refractivity contribution in [3.8, 4) is 67.3 Å². The topological polar surface area (TPSA) is 51.6 Å².